The van der Waals surface area contributed by atoms with Crippen LogP contribution < -0.4 is 0 Å². The molecule has 9 heavy (non-hydrogen) atoms. The van der Waals surface area contributed by atoms with Crippen LogP contribution in [0.2, 0.25) is 0 Å². The van der Waals surface area contributed by atoms with Crippen molar-refractivity contribution >= 4 is 5.78 Å². The predicted octanol–water partition coefficient (Wildman–Crippen LogP) is -0.168. The van der Waals surface area contributed by atoms with Gasteiger partial charge in [-0.25, -0.2) is 0 Å². The SMILES string of the molecule is C=CCC(O)(O)C(C)=O. The van der Waals surface area contributed by atoms with E-state index in [1.165, 1.54) is 6.08 Å². The molecule has 0 aliphatic rings. The van der Waals surface area contributed by atoms with Crippen LogP contribution in [0, 0.1) is 0 Å². The molecular formula is C6H10O3. The smallest absolute Gasteiger partial charge is 0.227 e. The Labute approximate surface area is 53.6 Å². The van der Waals surface area contributed by atoms with Gasteiger partial charge >= 0.3 is 0 Å². The average Bonchev–Trinajstić information content (AvgIpc) is 1.65. The monoisotopic (exact) mass is 130 g/mol. The second kappa shape index (κ2) is 2.75. The zero-order valence-electron chi connectivity index (χ0n) is 5.29. The highest BCUT2D eigenvalue weighted by molar-refractivity contribution is 5.82. The topological polar surface area (TPSA) is 57.5 Å². The lowest BCUT2D eigenvalue weighted by atomic mass is 10.1. The van der Waals surface area contributed by atoms with Crippen LogP contribution in [0.25, 0.3) is 0 Å². The third-order valence-electron chi connectivity index (χ3n) is 0.993. The molecule has 0 saturated carbocycles. The van der Waals surface area contributed by atoms with E-state index in [0.29, 0.717) is 0 Å². The Balaban J connectivity index is 4.00. The number of carbonyl (C=O) groups excluding carboxylic acids is 1. The van der Waals surface area contributed by atoms with Gasteiger partial charge in [0.25, 0.3) is 0 Å². The van der Waals surface area contributed by atoms with Gasteiger partial charge in [-0.1, -0.05) is 6.08 Å². The van der Waals surface area contributed by atoms with Gasteiger partial charge in [0.1, 0.15) is 0 Å². The Morgan fingerprint density at radius 3 is 2.33 bits per heavy atom. The van der Waals surface area contributed by atoms with Gasteiger partial charge in [0, 0.05) is 13.3 Å². The molecule has 0 aromatic rings. The highest BCUT2D eigenvalue weighted by Gasteiger charge is 2.26. The molecule has 0 aliphatic carbocycles. The molecule has 0 atom stereocenters. The summed E-state index contributed by atoms with van der Waals surface area (Å²) in [6.45, 7) is 4.37. The highest BCUT2D eigenvalue weighted by atomic mass is 16.5. The fourth-order valence-electron chi connectivity index (χ4n) is 0.345. The molecule has 0 aliphatic heterocycles. The molecule has 0 radical (unpaired) electrons. The van der Waals surface area contributed by atoms with Crippen molar-refractivity contribution in [2.75, 3.05) is 0 Å². The van der Waals surface area contributed by atoms with E-state index in [1.54, 1.807) is 0 Å². The second-order valence-electron chi connectivity index (χ2n) is 1.87. The van der Waals surface area contributed by atoms with E-state index in [1.807, 2.05) is 0 Å². The zero-order chi connectivity index (χ0) is 7.49. The molecule has 0 fully saturated rings. The van der Waals surface area contributed by atoms with E-state index in [2.05, 4.69) is 6.58 Å². The summed E-state index contributed by atoms with van der Waals surface area (Å²) in [4.78, 5) is 10.3. The highest BCUT2D eigenvalue weighted by Crippen LogP contribution is 2.06. The quantitative estimate of drug-likeness (QED) is 0.412. The molecule has 0 unspecified atom stereocenters. The van der Waals surface area contributed by atoms with Crippen molar-refractivity contribution in [3.8, 4) is 0 Å². The maximum Gasteiger partial charge on any atom is 0.227 e. The summed E-state index contributed by atoms with van der Waals surface area (Å²) < 4.78 is 0. The molecule has 3 heteroatoms. The molecule has 2 N–H and O–H groups in total. The first-order valence-corrected chi connectivity index (χ1v) is 2.57. The number of aliphatic hydroxyl groups is 2. The van der Waals surface area contributed by atoms with Crippen molar-refractivity contribution in [2.45, 2.75) is 19.1 Å². The minimum absolute atomic E-state index is 0.123. The molecule has 0 rings (SSSR count). The van der Waals surface area contributed by atoms with Crippen LogP contribution in [0.5, 0.6) is 0 Å². The molecule has 0 aromatic heterocycles. The first-order chi connectivity index (χ1) is 4.00. The lowest BCUT2D eigenvalue weighted by Crippen LogP contribution is -2.35. The van der Waals surface area contributed by atoms with Gasteiger partial charge in [0.2, 0.25) is 5.79 Å². The van der Waals surface area contributed by atoms with Crippen LogP contribution in [0.1, 0.15) is 13.3 Å². The summed E-state index contributed by atoms with van der Waals surface area (Å²) in [6, 6.07) is 0. The first kappa shape index (κ1) is 8.33. The average molecular weight is 130 g/mol. The first-order valence-electron chi connectivity index (χ1n) is 2.57. The summed E-state index contributed by atoms with van der Waals surface area (Å²) in [5.41, 5.74) is 0. The number of Topliss-reactive ketones (excluding diaryl/α,β-unsaturated/α-hetero) is 1. The van der Waals surface area contributed by atoms with Gasteiger partial charge in [0.15, 0.2) is 5.78 Å². The van der Waals surface area contributed by atoms with E-state index >= 15 is 0 Å². The van der Waals surface area contributed by atoms with Crippen molar-refractivity contribution < 1.29 is 15.0 Å². The fraction of sp³-hybridized carbons (Fsp3) is 0.500. The summed E-state index contributed by atoms with van der Waals surface area (Å²) in [7, 11) is 0. The van der Waals surface area contributed by atoms with E-state index in [9.17, 15) is 4.79 Å². The standard InChI is InChI=1S/C6H10O3/c1-3-4-6(8,9)5(2)7/h3,8-9H,1,4H2,2H3. The molecule has 0 saturated heterocycles. The third kappa shape index (κ3) is 2.39. The van der Waals surface area contributed by atoms with Gasteiger partial charge in [-0.05, 0) is 0 Å². The molecule has 0 bridgehead atoms. The van der Waals surface area contributed by atoms with Crippen LogP contribution in [-0.4, -0.2) is 21.8 Å². The molecule has 0 aromatic carbocycles. The summed E-state index contributed by atoms with van der Waals surface area (Å²) in [6.07, 6.45) is 1.16. The van der Waals surface area contributed by atoms with Crippen molar-refractivity contribution in [3.63, 3.8) is 0 Å². The number of hydrogen-bond donors (Lipinski definition) is 2. The number of rotatable bonds is 3. The summed E-state index contributed by atoms with van der Waals surface area (Å²) in [5.74, 6) is -2.87. The normalized spacial score (nSPS) is 11.0. The number of hydrogen-bond acceptors (Lipinski definition) is 3. The van der Waals surface area contributed by atoms with Crippen molar-refractivity contribution in [1.82, 2.24) is 0 Å². The number of carbonyl (C=O) groups is 1. The van der Waals surface area contributed by atoms with Crippen molar-refractivity contribution in [1.29, 1.82) is 0 Å². The van der Waals surface area contributed by atoms with Gasteiger partial charge in [-0.2, -0.15) is 0 Å². The van der Waals surface area contributed by atoms with Gasteiger partial charge in [-0.15, -0.1) is 6.58 Å². The Morgan fingerprint density at radius 1 is 1.78 bits per heavy atom. The molecule has 52 valence electrons. The zero-order valence-corrected chi connectivity index (χ0v) is 5.29. The minimum atomic E-state index is -2.21. The van der Waals surface area contributed by atoms with E-state index < -0.39 is 11.6 Å². The van der Waals surface area contributed by atoms with E-state index in [-0.39, 0.29) is 6.42 Å². The molecule has 3 nitrogen and oxygen atoms in total. The lowest BCUT2D eigenvalue weighted by molar-refractivity contribution is -0.178. The summed E-state index contributed by atoms with van der Waals surface area (Å²) in [5, 5.41) is 17.5. The second-order valence-corrected chi connectivity index (χ2v) is 1.87. The van der Waals surface area contributed by atoms with Gasteiger partial charge < -0.3 is 10.2 Å². The van der Waals surface area contributed by atoms with E-state index in [0.717, 1.165) is 6.92 Å². The van der Waals surface area contributed by atoms with Crippen molar-refractivity contribution in [3.05, 3.63) is 12.7 Å². The Bertz CT molecular complexity index is 126. The molecular weight excluding hydrogens is 120 g/mol. The molecule has 0 spiro atoms. The third-order valence-corrected chi connectivity index (χ3v) is 0.993. The Hall–Kier alpha value is -0.670. The maximum atomic E-state index is 10.3. The van der Waals surface area contributed by atoms with Crippen LogP contribution in [0.3, 0.4) is 0 Å². The van der Waals surface area contributed by atoms with E-state index in [4.69, 9.17) is 10.2 Å². The van der Waals surface area contributed by atoms with Gasteiger partial charge in [0.05, 0.1) is 0 Å². The van der Waals surface area contributed by atoms with Crippen LogP contribution >= 0.6 is 0 Å². The lowest BCUT2D eigenvalue weighted by Gasteiger charge is -2.14. The van der Waals surface area contributed by atoms with Gasteiger partial charge in [-0.3, -0.25) is 4.79 Å². The van der Waals surface area contributed by atoms with Crippen LogP contribution in [0.4, 0.5) is 0 Å². The van der Waals surface area contributed by atoms with Crippen molar-refractivity contribution in [2.24, 2.45) is 0 Å². The largest absolute Gasteiger partial charge is 0.359 e. The Kier molecular flexibility index (Phi) is 2.55. The predicted molar refractivity (Wildman–Crippen MR) is 32.7 cm³/mol. The van der Waals surface area contributed by atoms with Crippen LogP contribution in [0.15, 0.2) is 12.7 Å². The fourth-order valence-corrected chi connectivity index (χ4v) is 0.345. The summed E-state index contributed by atoms with van der Waals surface area (Å²) >= 11 is 0. The molecule has 0 heterocycles. The maximum absolute atomic E-state index is 10.3. The molecule has 0 amide bonds. The Morgan fingerprint density at radius 2 is 2.22 bits per heavy atom. The minimum Gasteiger partial charge on any atom is -0.359 e. The number of ketones is 1. The van der Waals surface area contributed by atoms with Crippen LogP contribution in [-0.2, 0) is 4.79 Å².